The molecule has 0 bridgehead atoms. The van der Waals surface area contributed by atoms with Gasteiger partial charge in [0, 0.05) is 17.8 Å². The molecule has 1 aliphatic heterocycles. The molecule has 0 amide bonds. The van der Waals surface area contributed by atoms with Gasteiger partial charge in [0.05, 0.1) is 24.4 Å². The summed E-state index contributed by atoms with van der Waals surface area (Å²) in [4.78, 5) is 16.6. The number of esters is 1. The molecule has 0 spiro atoms. The van der Waals surface area contributed by atoms with Gasteiger partial charge in [0.1, 0.15) is 0 Å². The largest absolute Gasteiger partial charge is 0.465 e. The maximum absolute atomic E-state index is 12.0. The molecule has 0 fully saturated rings. The zero-order valence-corrected chi connectivity index (χ0v) is 13.8. The summed E-state index contributed by atoms with van der Waals surface area (Å²) in [6, 6.07) is 10.1. The van der Waals surface area contributed by atoms with Crippen LogP contribution in [0.1, 0.15) is 45.6 Å². The number of aromatic nitrogens is 1. The summed E-state index contributed by atoms with van der Waals surface area (Å²) in [6.45, 7) is 1.98. The molecule has 1 aromatic carbocycles. The first-order valence-corrected chi connectivity index (χ1v) is 8.26. The fraction of sp³-hybridized carbons (Fsp3) is 0.300. The van der Waals surface area contributed by atoms with Crippen LogP contribution in [0.3, 0.4) is 0 Å². The van der Waals surface area contributed by atoms with Crippen molar-refractivity contribution in [3.05, 3.63) is 71.1 Å². The van der Waals surface area contributed by atoms with Crippen molar-refractivity contribution in [2.75, 3.05) is 12.4 Å². The van der Waals surface area contributed by atoms with Crippen LogP contribution in [0.5, 0.6) is 0 Å². The van der Waals surface area contributed by atoms with Crippen molar-refractivity contribution < 1.29 is 9.53 Å². The lowest BCUT2D eigenvalue weighted by Crippen LogP contribution is -2.30. The predicted octanol–water partition coefficient (Wildman–Crippen LogP) is 4.00. The molecule has 4 heteroatoms. The number of carbonyl (C=O) groups is 1. The smallest absolute Gasteiger partial charge is 0.338 e. The van der Waals surface area contributed by atoms with Gasteiger partial charge in [-0.05, 0) is 48.6 Å². The van der Waals surface area contributed by atoms with E-state index in [0.717, 1.165) is 23.4 Å². The number of nitrogens with one attached hydrogen (secondary N) is 1. The molecular weight excluding hydrogens is 300 g/mol. The minimum atomic E-state index is -0.296. The van der Waals surface area contributed by atoms with Crippen molar-refractivity contribution in [2.45, 2.75) is 25.3 Å². The summed E-state index contributed by atoms with van der Waals surface area (Å²) in [7, 11) is 1.42. The molecule has 0 saturated heterocycles. The molecule has 2 aromatic rings. The fourth-order valence-electron chi connectivity index (χ4n) is 4.00. The van der Waals surface area contributed by atoms with Crippen LogP contribution in [-0.2, 0) is 4.74 Å². The molecule has 0 radical (unpaired) electrons. The van der Waals surface area contributed by atoms with E-state index in [1.807, 2.05) is 31.3 Å². The summed E-state index contributed by atoms with van der Waals surface area (Å²) < 4.78 is 4.91. The van der Waals surface area contributed by atoms with Gasteiger partial charge < -0.3 is 10.1 Å². The molecule has 3 atom stereocenters. The Hall–Kier alpha value is -2.62. The number of carbonyl (C=O) groups excluding carboxylic acids is 1. The zero-order valence-electron chi connectivity index (χ0n) is 13.8. The minimum Gasteiger partial charge on any atom is -0.465 e. The number of hydrogen-bond acceptors (Lipinski definition) is 4. The van der Waals surface area contributed by atoms with Gasteiger partial charge in [0.25, 0.3) is 0 Å². The first-order chi connectivity index (χ1) is 11.7. The molecule has 2 aliphatic rings. The van der Waals surface area contributed by atoms with Gasteiger partial charge >= 0.3 is 5.97 Å². The van der Waals surface area contributed by atoms with Gasteiger partial charge in [-0.25, -0.2) is 4.79 Å². The van der Waals surface area contributed by atoms with E-state index in [2.05, 4.69) is 34.6 Å². The van der Waals surface area contributed by atoms with Gasteiger partial charge in [-0.1, -0.05) is 24.3 Å². The van der Waals surface area contributed by atoms with Crippen LogP contribution >= 0.6 is 0 Å². The Labute approximate surface area is 141 Å². The van der Waals surface area contributed by atoms with E-state index in [1.165, 1.54) is 12.7 Å². The Balaban J connectivity index is 1.83. The van der Waals surface area contributed by atoms with Gasteiger partial charge in [0.15, 0.2) is 0 Å². The normalized spacial score (nSPS) is 24.0. The number of ether oxygens (including phenoxy) is 1. The fourth-order valence-corrected chi connectivity index (χ4v) is 4.00. The van der Waals surface area contributed by atoms with Gasteiger partial charge in [-0.15, -0.1) is 0 Å². The van der Waals surface area contributed by atoms with E-state index >= 15 is 0 Å². The third-order valence-electron chi connectivity index (χ3n) is 5.21. The van der Waals surface area contributed by atoms with E-state index < -0.39 is 0 Å². The maximum Gasteiger partial charge on any atom is 0.338 e. The summed E-state index contributed by atoms with van der Waals surface area (Å²) in [5.41, 5.74) is 4.90. The van der Waals surface area contributed by atoms with Crippen molar-refractivity contribution in [3.63, 3.8) is 0 Å². The second-order valence-electron chi connectivity index (χ2n) is 6.42. The Morgan fingerprint density at radius 2 is 2.17 bits per heavy atom. The van der Waals surface area contributed by atoms with Crippen LogP contribution < -0.4 is 5.32 Å². The Morgan fingerprint density at radius 1 is 1.29 bits per heavy atom. The van der Waals surface area contributed by atoms with Crippen molar-refractivity contribution in [2.24, 2.45) is 5.92 Å². The highest BCUT2D eigenvalue weighted by Crippen LogP contribution is 2.50. The summed E-state index contributed by atoms with van der Waals surface area (Å²) in [6.07, 6.45) is 7.42. The molecule has 0 unspecified atom stereocenters. The second-order valence-corrected chi connectivity index (χ2v) is 6.42. The quantitative estimate of drug-likeness (QED) is 0.671. The van der Waals surface area contributed by atoms with Gasteiger partial charge in [-0.2, -0.15) is 0 Å². The number of rotatable bonds is 2. The number of nitrogens with zero attached hydrogens (tertiary/aromatic N) is 1. The van der Waals surface area contributed by atoms with E-state index in [4.69, 9.17) is 4.74 Å². The van der Waals surface area contributed by atoms with E-state index in [9.17, 15) is 4.79 Å². The number of hydrogen-bond donors (Lipinski definition) is 1. The number of allylic oxidation sites excluding steroid dienone is 2. The van der Waals surface area contributed by atoms with Crippen LogP contribution in [0.15, 0.2) is 48.7 Å². The number of benzene rings is 1. The maximum atomic E-state index is 12.0. The molecule has 24 heavy (non-hydrogen) atoms. The lowest BCUT2D eigenvalue weighted by atomic mass is 9.77. The average molecular weight is 320 g/mol. The molecule has 1 aliphatic carbocycles. The Morgan fingerprint density at radius 3 is 2.92 bits per heavy atom. The zero-order chi connectivity index (χ0) is 16.7. The number of pyridine rings is 1. The van der Waals surface area contributed by atoms with Crippen LogP contribution in [0.4, 0.5) is 5.69 Å². The highest BCUT2D eigenvalue weighted by molar-refractivity contribution is 5.93. The Bertz CT molecular complexity index is 814. The summed E-state index contributed by atoms with van der Waals surface area (Å²) in [5.74, 6) is 0.519. The van der Waals surface area contributed by atoms with E-state index in [1.54, 1.807) is 0 Å². The average Bonchev–Trinajstić information content (AvgIpc) is 3.11. The molecule has 1 aromatic heterocycles. The topological polar surface area (TPSA) is 51.2 Å². The van der Waals surface area contributed by atoms with E-state index in [-0.39, 0.29) is 12.0 Å². The summed E-state index contributed by atoms with van der Waals surface area (Å²) >= 11 is 0. The lowest BCUT2D eigenvalue weighted by molar-refractivity contribution is 0.0600. The molecule has 1 N–H and O–H groups in total. The summed E-state index contributed by atoms with van der Waals surface area (Å²) in [5, 5.41) is 3.66. The molecular formula is C20H20N2O2. The highest BCUT2D eigenvalue weighted by atomic mass is 16.5. The third-order valence-corrected chi connectivity index (χ3v) is 5.21. The van der Waals surface area contributed by atoms with Crippen LogP contribution in [0.25, 0.3) is 0 Å². The van der Waals surface area contributed by atoms with Gasteiger partial charge in [-0.3, -0.25) is 4.98 Å². The van der Waals surface area contributed by atoms with Crippen molar-refractivity contribution in [1.82, 2.24) is 4.98 Å². The van der Waals surface area contributed by atoms with Crippen LogP contribution in [-0.4, -0.2) is 18.1 Å². The molecule has 4 rings (SSSR count). The van der Waals surface area contributed by atoms with E-state index in [0.29, 0.717) is 17.4 Å². The molecule has 122 valence electrons. The molecule has 2 heterocycles. The highest BCUT2D eigenvalue weighted by Gasteiger charge is 2.39. The standard InChI is InChI=1S/C20H20N2O2/c1-12-13(20(23)24-2)9-10-16-14-6-5-7-15(14)19(22-18(12)16)17-8-3-4-11-21-17/h3-6,8-11,14-15,19,22H,7H2,1-2H3/t14-,15+,19-/m0/s1. The molecule has 4 nitrogen and oxygen atoms in total. The molecule has 0 saturated carbocycles. The van der Waals surface area contributed by atoms with Crippen LogP contribution in [0, 0.1) is 12.8 Å². The van der Waals surface area contributed by atoms with Gasteiger partial charge in [0.2, 0.25) is 0 Å². The lowest BCUT2D eigenvalue weighted by Gasteiger charge is -2.38. The second kappa shape index (κ2) is 5.78. The van der Waals surface area contributed by atoms with Crippen molar-refractivity contribution in [3.8, 4) is 0 Å². The number of methoxy groups -OCH3 is 1. The first-order valence-electron chi connectivity index (χ1n) is 8.26. The van der Waals surface area contributed by atoms with Crippen molar-refractivity contribution in [1.29, 1.82) is 0 Å². The number of fused-ring (bicyclic) bond motifs is 3. The predicted molar refractivity (Wildman–Crippen MR) is 93.1 cm³/mol. The SMILES string of the molecule is COC(=O)c1ccc2c(c1C)N[C@H](c1ccccn1)[C@@H]1CC=C[C@H]21. The minimum absolute atomic E-state index is 0.144. The first kappa shape index (κ1) is 14.9. The van der Waals surface area contributed by atoms with Crippen LogP contribution in [0.2, 0.25) is 0 Å². The monoisotopic (exact) mass is 320 g/mol. The third kappa shape index (κ3) is 2.21. The van der Waals surface area contributed by atoms with Crippen molar-refractivity contribution >= 4 is 11.7 Å². The number of anilines is 1. The Kier molecular flexibility index (Phi) is 3.60.